The Morgan fingerprint density at radius 2 is 2.20 bits per heavy atom. The van der Waals surface area contributed by atoms with Crippen LogP contribution < -0.4 is 5.73 Å². The Bertz CT molecular complexity index is 653. The van der Waals surface area contributed by atoms with Crippen LogP contribution in [0.5, 0.6) is 0 Å². The minimum absolute atomic E-state index is 0.0469. The summed E-state index contributed by atoms with van der Waals surface area (Å²) in [6, 6.07) is 4.04. The van der Waals surface area contributed by atoms with Gasteiger partial charge in [-0.3, -0.25) is 10.1 Å². The van der Waals surface area contributed by atoms with Crippen molar-refractivity contribution in [2.45, 2.75) is 26.3 Å². The number of nitrogens with zero attached hydrogens (tertiary/aromatic N) is 4. The number of benzene rings is 1. The van der Waals surface area contributed by atoms with E-state index in [2.05, 4.69) is 10.3 Å². The standard InChI is InChI=1S/C12H14FN5O2/c1-7(2)11-12(14)15-16-17(11)6-8-4-3-5-9(10(8)13)18(19)20/h3-5,7H,6,14H2,1-2H3. The molecule has 0 radical (unpaired) electrons. The van der Waals surface area contributed by atoms with Crippen LogP contribution in [0.4, 0.5) is 15.9 Å². The van der Waals surface area contributed by atoms with E-state index >= 15 is 0 Å². The summed E-state index contributed by atoms with van der Waals surface area (Å²) in [4.78, 5) is 9.96. The number of nitro benzene ring substituents is 1. The molecule has 20 heavy (non-hydrogen) atoms. The van der Waals surface area contributed by atoms with Crippen molar-refractivity contribution < 1.29 is 9.31 Å². The normalized spacial score (nSPS) is 11.0. The van der Waals surface area contributed by atoms with Gasteiger partial charge in [-0.05, 0) is 5.92 Å². The monoisotopic (exact) mass is 279 g/mol. The highest BCUT2D eigenvalue weighted by Crippen LogP contribution is 2.24. The lowest BCUT2D eigenvalue weighted by atomic mass is 10.1. The van der Waals surface area contributed by atoms with Gasteiger partial charge in [0.2, 0.25) is 5.82 Å². The fourth-order valence-corrected chi connectivity index (χ4v) is 2.04. The van der Waals surface area contributed by atoms with Gasteiger partial charge in [0, 0.05) is 11.6 Å². The summed E-state index contributed by atoms with van der Waals surface area (Å²) in [7, 11) is 0. The van der Waals surface area contributed by atoms with E-state index in [1.54, 1.807) is 0 Å². The van der Waals surface area contributed by atoms with Crippen LogP contribution >= 0.6 is 0 Å². The van der Waals surface area contributed by atoms with Crippen LogP contribution in [0, 0.1) is 15.9 Å². The molecule has 0 unspecified atom stereocenters. The smallest absolute Gasteiger partial charge is 0.305 e. The Kier molecular flexibility index (Phi) is 3.64. The van der Waals surface area contributed by atoms with Crippen LogP contribution in [0.3, 0.4) is 0 Å². The molecule has 1 aromatic carbocycles. The van der Waals surface area contributed by atoms with Crippen LogP contribution in [-0.2, 0) is 6.54 Å². The second-order valence-electron chi connectivity index (χ2n) is 4.68. The number of anilines is 1. The Balaban J connectivity index is 2.41. The van der Waals surface area contributed by atoms with Gasteiger partial charge in [0.15, 0.2) is 5.82 Å². The van der Waals surface area contributed by atoms with E-state index in [-0.39, 0.29) is 23.8 Å². The summed E-state index contributed by atoms with van der Waals surface area (Å²) < 4.78 is 15.5. The van der Waals surface area contributed by atoms with Crippen molar-refractivity contribution in [3.63, 3.8) is 0 Å². The maximum atomic E-state index is 14.0. The zero-order chi connectivity index (χ0) is 14.9. The maximum absolute atomic E-state index is 14.0. The van der Waals surface area contributed by atoms with Crippen LogP contribution in [-0.4, -0.2) is 19.9 Å². The molecule has 7 nitrogen and oxygen atoms in total. The van der Waals surface area contributed by atoms with E-state index in [1.807, 2.05) is 13.8 Å². The van der Waals surface area contributed by atoms with Gasteiger partial charge in [0.25, 0.3) is 0 Å². The lowest BCUT2D eigenvalue weighted by molar-refractivity contribution is -0.387. The number of rotatable bonds is 4. The van der Waals surface area contributed by atoms with E-state index in [9.17, 15) is 14.5 Å². The predicted molar refractivity (Wildman–Crippen MR) is 70.7 cm³/mol. The van der Waals surface area contributed by atoms with Gasteiger partial charge in [0.05, 0.1) is 17.2 Å². The average molecular weight is 279 g/mol. The Hall–Kier alpha value is -2.51. The molecule has 8 heteroatoms. The molecule has 2 rings (SSSR count). The lowest BCUT2D eigenvalue weighted by Gasteiger charge is -2.10. The third-order valence-corrected chi connectivity index (χ3v) is 2.92. The molecule has 0 bridgehead atoms. The average Bonchev–Trinajstić information content (AvgIpc) is 2.72. The first-order valence-corrected chi connectivity index (χ1v) is 6.02. The largest absolute Gasteiger partial charge is 0.381 e. The number of aromatic nitrogens is 3. The van der Waals surface area contributed by atoms with Crippen molar-refractivity contribution in [3.8, 4) is 0 Å². The zero-order valence-corrected chi connectivity index (χ0v) is 11.1. The van der Waals surface area contributed by atoms with Crippen molar-refractivity contribution >= 4 is 11.5 Å². The van der Waals surface area contributed by atoms with Gasteiger partial charge in [-0.2, -0.15) is 4.39 Å². The second-order valence-corrected chi connectivity index (χ2v) is 4.68. The number of hydrogen-bond acceptors (Lipinski definition) is 5. The quantitative estimate of drug-likeness (QED) is 0.682. The molecule has 0 amide bonds. The number of nitro groups is 1. The van der Waals surface area contributed by atoms with Crippen LogP contribution in [0.25, 0.3) is 0 Å². The van der Waals surface area contributed by atoms with Crippen LogP contribution in [0.2, 0.25) is 0 Å². The fraction of sp³-hybridized carbons (Fsp3) is 0.333. The highest BCUT2D eigenvalue weighted by atomic mass is 19.1. The third-order valence-electron chi connectivity index (χ3n) is 2.92. The number of nitrogen functional groups attached to an aromatic ring is 1. The van der Waals surface area contributed by atoms with Crippen LogP contribution in [0.15, 0.2) is 18.2 Å². The third kappa shape index (κ3) is 2.44. The van der Waals surface area contributed by atoms with Gasteiger partial charge < -0.3 is 5.73 Å². The topological polar surface area (TPSA) is 99.9 Å². The van der Waals surface area contributed by atoms with E-state index < -0.39 is 16.4 Å². The Morgan fingerprint density at radius 1 is 1.50 bits per heavy atom. The molecule has 2 aromatic rings. The molecule has 0 aliphatic heterocycles. The SMILES string of the molecule is CC(C)c1c(N)nnn1Cc1cccc([N+](=O)[O-])c1F. The Morgan fingerprint density at radius 3 is 2.80 bits per heavy atom. The number of nitrogens with two attached hydrogens (primary N) is 1. The minimum Gasteiger partial charge on any atom is -0.381 e. The molecule has 0 aliphatic carbocycles. The lowest BCUT2D eigenvalue weighted by Crippen LogP contribution is -2.10. The first-order chi connectivity index (χ1) is 9.41. The maximum Gasteiger partial charge on any atom is 0.305 e. The molecule has 106 valence electrons. The highest BCUT2D eigenvalue weighted by Gasteiger charge is 2.20. The predicted octanol–water partition coefficient (Wildman–Crippen LogP) is 2.08. The van der Waals surface area contributed by atoms with E-state index in [0.717, 1.165) is 6.07 Å². The van der Waals surface area contributed by atoms with Gasteiger partial charge in [-0.25, -0.2) is 4.68 Å². The summed E-state index contributed by atoms with van der Waals surface area (Å²) in [6.07, 6.45) is 0. The summed E-state index contributed by atoms with van der Waals surface area (Å²) in [5, 5.41) is 18.3. The summed E-state index contributed by atoms with van der Waals surface area (Å²) in [5.74, 6) is -0.515. The molecular weight excluding hydrogens is 265 g/mol. The van der Waals surface area contributed by atoms with Gasteiger partial charge in [0.1, 0.15) is 0 Å². The molecule has 0 saturated carbocycles. The minimum atomic E-state index is -0.860. The van der Waals surface area contributed by atoms with Gasteiger partial charge in [-0.15, -0.1) is 5.10 Å². The van der Waals surface area contributed by atoms with E-state index in [1.165, 1.54) is 16.8 Å². The summed E-state index contributed by atoms with van der Waals surface area (Å²) in [6.45, 7) is 3.87. The highest BCUT2D eigenvalue weighted by molar-refractivity contribution is 5.39. The molecule has 0 atom stereocenters. The van der Waals surface area contributed by atoms with Crippen molar-refractivity contribution in [2.24, 2.45) is 0 Å². The number of hydrogen-bond donors (Lipinski definition) is 1. The van der Waals surface area contributed by atoms with Crippen molar-refractivity contribution in [2.75, 3.05) is 5.73 Å². The molecule has 2 N–H and O–H groups in total. The zero-order valence-electron chi connectivity index (χ0n) is 11.1. The van der Waals surface area contributed by atoms with Gasteiger partial charge in [-0.1, -0.05) is 31.2 Å². The van der Waals surface area contributed by atoms with Crippen LogP contribution in [0.1, 0.15) is 31.0 Å². The molecule has 1 heterocycles. The molecule has 0 spiro atoms. The Labute approximate surface area is 114 Å². The molecule has 0 aliphatic rings. The molecular formula is C12H14FN5O2. The van der Waals surface area contributed by atoms with Gasteiger partial charge >= 0.3 is 5.69 Å². The molecule has 0 saturated heterocycles. The first kappa shape index (κ1) is 13.9. The second kappa shape index (κ2) is 5.24. The number of halogens is 1. The summed E-state index contributed by atoms with van der Waals surface area (Å²) in [5.41, 5.74) is 6.01. The van der Waals surface area contributed by atoms with Crippen molar-refractivity contribution in [1.29, 1.82) is 0 Å². The molecule has 0 fully saturated rings. The summed E-state index contributed by atoms with van der Waals surface area (Å²) >= 11 is 0. The van der Waals surface area contributed by atoms with E-state index in [4.69, 9.17) is 5.73 Å². The van der Waals surface area contributed by atoms with E-state index in [0.29, 0.717) is 5.69 Å². The first-order valence-electron chi connectivity index (χ1n) is 6.02. The van der Waals surface area contributed by atoms with Crippen molar-refractivity contribution in [1.82, 2.24) is 15.0 Å². The molecule has 1 aromatic heterocycles. The van der Waals surface area contributed by atoms with Crippen molar-refractivity contribution in [3.05, 3.63) is 45.4 Å². The fourth-order valence-electron chi connectivity index (χ4n) is 2.04.